The molecule has 13 heteroatoms. The minimum atomic E-state index is -4.54. The Kier molecular flexibility index (Phi) is 6.75. The van der Waals surface area contributed by atoms with Gasteiger partial charge in [-0.15, -0.1) is 0 Å². The van der Waals surface area contributed by atoms with Crippen LogP contribution in [0.5, 0.6) is 0 Å². The summed E-state index contributed by atoms with van der Waals surface area (Å²) >= 11 is 1.24. The fourth-order valence-electron chi connectivity index (χ4n) is 4.64. The van der Waals surface area contributed by atoms with Crippen LogP contribution in [0.1, 0.15) is 28.4 Å². The maximum absolute atomic E-state index is 13.3. The molecule has 2 aliphatic heterocycles. The van der Waals surface area contributed by atoms with Crippen LogP contribution in [0.3, 0.4) is 0 Å². The molecule has 0 aliphatic carbocycles. The van der Waals surface area contributed by atoms with Gasteiger partial charge in [-0.05, 0) is 68.9 Å². The topological polar surface area (TPSA) is 114 Å². The summed E-state index contributed by atoms with van der Waals surface area (Å²) in [6, 6.07) is 7.23. The molecule has 0 unspecified atom stereocenters. The van der Waals surface area contributed by atoms with Crippen LogP contribution in [0.2, 0.25) is 0 Å². The van der Waals surface area contributed by atoms with Gasteiger partial charge in [0.05, 0.1) is 11.0 Å². The first-order chi connectivity index (χ1) is 17.6. The molecule has 1 aromatic carbocycles. The van der Waals surface area contributed by atoms with Gasteiger partial charge in [-0.2, -0.15) is 13.2 Å². The second-order valence-electron chi connectivity index (χ2n) is 9.34. The fraction of sp³-hybridized carbons (Fsp3) is 0.417. The molecule has 2 saturated heterocycles. The lowest BCUT2D eigenvalue weighted by Gasteiger charge is -2.44. The Hall–Kier alpha value is -3.32. The number of imidazole rings is 1. The number of benzene rings is 1. The zero-order chi connectivity index (χ0) is 26.3. The van der Waals surface area contributed by atoms with E-state index in [0.29, 0.717) is 33.1 Å². The SMILES string of the molecule is CC(N)=CC(N)=Nc1cc(N2CC(N3CCCC3)C2)nc(Sc2ccc3nc(C(F)(F)F)n(C)c3c2)n1.[HH].[HH]. The van der Waals surface area contributed by atoms with E-state index in [1.54, 1.807) is 37.3 Å². The predicted octanol–water partition coefficient (Wildman–Crippen LogP) is 4.16. The number of nitrogens with two attached hydrogens (primary N) is 2. The third kappa shape index (κ3) is 5.52. The van der Waals surface area contributed by atoms with E-state index in [1.807, 2.05) is 0 Å². The number of likely N-dealkylation sites (tertiary alicyclic amines) is 1. The van der Waals surface area contributed by atoms with Crippen LogP contribution in [-0.2, 0) is 13.2 Å². The number of hydrogen-bond acceptors (Lipinski definition) is 8. The number of amidine groups is 1. The summed E-state index contributed by atoms with van der Waals surface area (Å²) in [5.41, 5.74) is 12.9. The van der Waals surface area contributed by atoms with Gasteiger partial charge in [-0.1, -0.05) is 0 Å². The molecule has 0 bridgehead atoms. The van der Waals surface area contributed by atoms with E-state index in [9.17, 15) is 13.2 Å². The van der Waals surface area contributed by atoms with Crippen molar-refractivity contribution in [2.75, 3.05) is 31.1 Å². The van der Waals surface area contributed by atoms with Crippen LogP contribution < -0.4 is 16.4 Å². The molecule has 0 atom stereocenters. The van der Waals surface area contributed by atoms with Gasteiger partial charge in [0.15, 0.2) is 11.0 Å². The summed E-state index contributed by atoms with van der Waals surface area (Å²) in [4.78, 5) is 22.8. The second kappa shape index (κ2) is 9.86. The van der Waals surface area contributed by atoms with E-state index in [4.69, 9.17) is 16.5 Å². The molecule has 0 saturated carbocycles. The summed E-state index contributed by atoms with van der Waals surface area (Å²) in [7, 11) is 1.35. The number of allylic oxidation sites excluding steroid dienone is 1. The molecule has 2 aromatic heterocycles. The maximum atomic E-state index is 13.3. The first-order valence-electron chi connectivity index (χ1n) is 11.9. The lowest BCUT2D eigenvalue weighted by molar-refractivity contribution is -0.146. The number of rotatable bonds is 6. The third-order valence-electron chi connectivity index (χ3n) is 6.46. The van der Waals surface area contributed by atoms with E-state index in [0.717, 1.165) is 36.6 Å². The molecule has 0 amide bonds. The summed E-state index contributed by atoms with van der Waals surface area (Å²) in [5.74, 6) is 0.390. The molecular weight excluding hydrogens is 503 g/mol. The first-order valence-corrected chi connectivity index (χ1v) is 12.8. The minimum absolute atomic E-state index is 0. The molecular formula is C24H32F3N9S. The summed E-state index contributed by atoms with van der Waals surface area (Å²) in [5, 5.41) is 0.416. The molecule has 4 N–H and O–H groups in total. The molecule has 3 aromatic rings. The van der Waals surface area contributed by atoms with Crippen molar-refractivity contribution in [2.45, 2.75) is 42.0 Å². The number of alkyl halides is 3. The number of aryl methyl sites for hydroxylation is 1. The number of fused-ring (bicyclic) bond motifs is 1. The van der Waals surface area contributed by atoms with Gasteiger partial charge in [0, 0.05) is 45.7 Å². The van der Waals surface area contributed by atoms with Gasteiger partial charge in [0.2, 0.25) is 5.82 Å². The quantitative estimate of drug-likeness (QED) is 0.275. The van der Waals surface area contributed by atoms with Gasteiger partial charge in [-0.3, -0.25) is 4.90 Å². The van der Waals surface area contributed by atoms with Gasteiger partial charge in [0.25, 0.3) is 0 Å². The van der Waals surface area contributed by atoms with Crippen molar-refractivity contribution in [1.82, 2.24) is 24.4 Å². The van der Waals surface area contributed by atoms with Gasteiger partial charge in [0.1, 0.15) is 11.7 Å². The average Bonchev–Trinajstić information content (AvgIpc) is 3.40. The van der Waals surface area contributed by atoms with Crippen molar-refractivity contribution in [3.05, 3.63) is 41.9 Å². The fourth-order valence-corrected chi connectivity index (χ4v) is 5.43. The zero-order valence-corrected chi connectivity index (χ0v) is 21.4. The van der Waals surface area contributed by atoms with Crippen molar-refractivity contribution in [1.29, 1.82) is 0 Å². The smallest absolute Gasteiger partial charge is 0.402 e. The number of nitrogens with zero attached hydrogens (tertiary/aromatic N) is 7. The minimum Gasteiger partial charge on any atom is -0.402 e. The zero-order valence-electron chi connectivity index (χ0n) is 20.5. The number of halogens is 3. The van der Waals surface area contributed by atoms with E-state index in [2.05, 4.69) is 24.8 Å². The highest BCUT2D eigenvalue weighted by molar-refractivity contribution is 7.99. The average molecular weight is 536 g/mol. The van der Waals surface area contributed by atoms with Crippen LogP contribution in [0.25, 0.3) is 11.0 Å². The van der Waals surface area contributed by atoms with Gasteiger partial charge >= 0.3 is 6.18 Å². The highest BCUT2D eigenvalue weighted by Crippen LogP contribution is 2.35. The lowest BCUT2D eigenvalue weighted by atomic mass is 10.1. The Balaban J connectivity index is 0.00000210. The summed E-state index contributed by atoms with van der Waals surface area (Å²) in [6.45, 7) is 5.71. The third-order valence-corrected chi connectivity index (χ3v) is 7.31. The van der Waals surface area contributed by atoms with Crippen LogP contribution >= 0.6 is 11.8 Å². The Bertz CT molecular complexity index is 1380. The Morgan fingerprint density at radius 1 is 1.14 bits per heavy atom. The summed E-state index contributed by atoms with van der Waals surface area (Å²) < 4.78 is 40.9. The first kappa shape index (κ1) is 25.3. The molecule has 0 radical (unpaired) electrons. The number of hydrogen-bond donors (Lipinski definition) is 2. The Labute approximate surface area is 219 Å². The molecule has 2 fully saturated rings. The number of anilines is 1. The largest absolute Gasteiger partial charge is 0.449 e. The molecule has 9 nitrogen and oxygen atoms in total. The normalized spacial score (nSPS) is 18.1. The van der Waals surface area contributed by atoms with Crippen LogP contribution in [0, 0.1) is 0 Å². The van der Waals surface area contributed by atoms with Crippen molar-refractivity contribution in [2.24, 2.45) is 23.5 Å². The highest BCUT2D eigenvalue weighted by Gasteiger charge is 2.37. The molecule has 2 aliphatic rings. The van der Waals surface area contributed by atoms with Gasteiger partial charge in [-0.25, -0.2) is 19.9 Å². The Morgan fingerprint density at radius 3 is 2.54 bits per heavy atom. The lowest BCUT2D eigenvalue weighted by Crippen LogP contribution is -2.59. The van der Waals surface area contributed by atoms with Gasteiger partial charge < -0.3 is 20.9 Å². The van der Waals surface area contributed by atoms with E-state index in [1.165, 1.54) is 31.7 Å². The monoisotopic (exact) mass is 535 g/mol. The molecule has 0 spiro atoms. The Morgan fingerprint density at radius 2 is 1.86 bits per heavy atom. The molecule has 37 heavy (non-hydrogen) atoms. The van der Waals surface area contributed by atoms with Crippen molar-refractivity contribution in [3.63, 3.8) is 0 Å². The van der Waals surface area contributed by atoms with Crippen molar-refractivity contribution >= 4 is 40.3 Å². The van der Waals surface area contributed by atoms with E-state index >= 15 is 0 Å². The standard InChI is InChI=1S/C24H28F3N9S.2H2/c1-14(28)9-19(29)31-20-11-21(36-12-15(13-36)35-7-3-4-8-35)33-23(32-20)37-16-5-6-17-18(10-16)34(2)22(30-17)24(25,26)27;;/h5-6,9-11,15H,3-4,7-8,12-13,28H2,1-2H3,(H2,29,31,32,33);2*1H. The van der Waals surface area contributed by atoms with Crippen LogP contribution in [-0.4, -0.2) is 62.5 Å². The van der Waals surface area contributed by atoms with Crippen molar-refractivity contribution in [3.8, 4) is 0 Å². The maximum Gasteiger partial charge on any atom is 0.449 e. The summed E-state index contributed by atoms with van der Waals surface area (Å²) in [6.07, 6.45) is -0.507. The highest BCUT2D eigenvalue weighted by atomic mass is 32.2. The predicted molar refractivity (Wildman–Crippen MR) is 142 cm³/mol. The number of aliphatic imine (C=N–C) groups is 1. The van der Waals surface area contributed by atoms with Crippen LogP contribution in [0.4, 0.5) is 24.8 Å². The van der Waals surface area contributed by atoms with Crippen LogP contribution in [0.15, 0.2) is 51.1 Å². The van der Waals surface area contributed by atoms with Crippen molar-refractivity contribution < 1.29 is 16.0 Å². The van der Waals surface area contributed by atoms with E-state index < -0.39 is 12.0 Å². The molecule has 5 rings (SSSR count). The molecule has 200 valence electrons. The van der Waals surface area contributed by atoms with E-state index in [-0.39, 0.29) is 14.2 Å². The number of aromatic nitrogens is 4. The molecule has 4 heterocycles. The second-order valence-corrected chi connectivity index (χ2v) is 10.4.